The molecule has 0 N–H and O–H groups in total. The maximum atomic E-state index is 14.0. The van der Waals surface area contributed by atoms with Crippen LogP contribution >= 0.6 is 0 Å². The second kappa shape index (κ2) is 8.76. The summed E-state index contributed by atoms with van der Waals surface area (Å²) in [4.78, 5) is 28.3. The van der Waals surface area contributed by atoms with Gasteiger partial charge in [0.05, 0.1) is 18.7 Å². The van der Waals surface area contributed by atoms with Gasteiger partial charge in [-0.1, -0.05) is 19.9 Å². The quantitative estimate of drug-likeness (QED) is 0.495. The molecular formula is C31H34N2O4. The van der Waals surface area contributed by atoms with Gasteiger partial charge < -0.3 is 14.4 Å². The van der Waals surface area contributed by atoms with Crippen LogP contribution in [0.4, 0.5) is 4.79 Å². The molecule has 1 amide bonds. The van der Waals surface area contributed by atoms with Crippen LogP contribution in [-0.2, 0) is 16.6 Å². The van der Waals surface area contributed by atoms with Gasteiger partial charge in [-0.25, -0.2) is 4.79 Å². The topological polar surface area (TPSA) is 79.6 Å². The van der Waals surface area contributed by atoms with E-state index in [-0.39, 0.29) is 23.2 Å². The number of likely N-dealkylation sites (tertiary alicyclic amines) is 1. The molecule has 0 aromatic heterocycles. The Labute approximate surface area is 218 Å². The minimum absolute atomic E-state index is 0.0443. The molecule has 6 nitrogen and oxygen atoms in total. The number of allylic oxidation sites excluding steroid dienone is 2. The fourth-order valence-corrected chi connectivity index (χ4v) is 6.08. The number of rotatable bonds is 2. The van der Waals surface area contributed by atoms with Crippen LogP contribution in [0.5, 0.6) is 5.75 Å². The average Bonchev–Trinajstić information content (AvgIpc) is 3.26. The van der Waals surface area contributed by atoms with Gasteiger partial charge in [-0.3, -0.25) is 4.79 Å². The fraction of sp³-hybridized carbons (Fsp3) is 0.452. The van der Waals surface area contributed by atoms with Crippen LogP contribution in [0.1, 0.15) is 91.6 Å². The van der Waals surface area contributed by atoms with E-state index in [0.29, 0.717) is 25.1 Å². The highest BCUT2D eigenvalue weighted by Crippen LogP contribution is 2.51. The summed E-state index contributed by atoms with van der Waals surface area (Å²) in [7, 11) is 1.68. The monoisotopic (exact) mass is 498 g/mol. The number of hydrogen-bond acceptors (Lipinski definition) is 5. The number of ketones is 1. The van der Waals surface area contributed by atoms with E-state index in [0.717, 1.165) is 57.6 Å². The van der Waals surface area contributed by atoms with Crippen molar-refractivity contribution in [2.24, 2.45) is 0 Å². The number of methoxy groups -OCH3 is 1. The normalized spacial score (nSPS) is 18.6. The van der Waals surface area contributed by atoms with Crippen molar-refractivity contribution >= 4 is 17.4 Å². The molecule has 0 atom stereocenters. The Morgan fingerprint density at radius 3 is 2.43 bits per heavy atom. The molecular weight excluding hydrogens is 464 g/mol. The van der Waals surface area contributed by atoms with E-state index in [9.17, 15) is 14.9 Å². The molecule has 37 heavy (non-hydrogen) atoms. The van der Waals surface area contributed by atoms with Crippen LogP contribution in [-0.4, -0.2) is 42.6 Å². The summed E-state index contributed by atoms with van der Waals surface area (Å²) >= 11 is 0. The van der Waals surface area contributed by atoms with Crippen molar-refractivity contribution in [3.63, 3.8) is 0 Å². The number of benzene rings is 2. The Balaban J connectivity index is 1.47. The third-order valence-electron chi connectivity index (χ3n) is 8.03. The Morgan fingerprint density at radius 1 is 1.11 bits per heavy atom. The number of nitrogens with zero attached hydrogens (tertiary/aromatic N) is 2. The van der Waals surface area contributed by atoms with Gasteiger partial charge >= 0.3 is 6.09 Å². The van der Waals surface area contributed by atoms with Crippen molar-refractivity contribution in [3.8, 4) is 11.8 Å². The van der Waals surface area contributed by atoms with Gasteiger partial charge in [0.15, 0.2) is 5.78 Å². The minimum atomic E-state index is -0.522. The van der Waals surface area contributed by atoms with Crippen molar-refractivity contribution in [2.75, 3.05) is 20.2 Å². The van der Waals surface area contributed by atoms with Gasteiger partial charge in [-0.15, -0.1) is 0 Å². The number of amides is 1. The Bertz CT molecular complexity index is 1380. The average molecular weight is 499 g/mol. The molecule has 2 aromatic carbocycles. The third kappa shape index (κ3) is 4.21. The van der Waals surface area contributed by atoms with Crippen molar-refractivity contribution in [3.05, 3.63) is 69.3 Å². The molecule has 1 fully saturated rings. The summed E-state index contributed by atoms with van der Waals surface area (Å²) < 4.78 is 11.4. The molecule has 2 aliphatic carbocycles. The highest BCUT2D eigenvalue weighted by atomic mass is 16.6. The van der Waals surface area contributed by atoms with Crippen molar-refractivity contribution in [1.82, 2.24) is 4.90 Å². The van der Waals surface area contributed by atoms with E-state index in [1.807, 2.05) is 39.0 Å². The first-order chi connectivity index (χ1) is 17.4. The van der Waals surface area contributed by atoms with Crippen LogP contribution in [0.2, 0.25) is 0 Å². The lowest BCUT2D eigenvalue weighted by atomic mass is 9.67. The maximum Gasteiger partial charge on any atom is 0.410 e. The van der Waals surface area contributed by atoms with Crippen molar-refractivity contribution < 1.29 is 19.1 Å². The predicted molar refractivity (Wildman–Crippen MR) is 142 cm³/mol. The van der Waals surface area contributed by atoms with E-state index in [1.54, 1.807) is 18.1 Å². The SMILES string of the molecule is COc1cc2c(cc1C1CCN(C(=O)OC(C)(C)C)CC1)C(=O)C1=C(Cc3cc(C#N)ccc31)C2(C)C. The number of carbonyl (C=O) groups is 2. The van der Waals surface area contributed by atoms with Gasteiger partial charge in [0.25, 0.3) is 0 Å². The number of hydrogen-bond donors (Lipinski definition) is 0. The van der Waals surface area contributed by atoms with Crippen molar-refractivity contribution in [1.29, 1.82) is 5.26 Å². The summed E-state index contributed by atoms with van der Waals surface area (Å²) in [6, 6.07) is 11.9. The summed E-state index contributed by atoms with van der Waals surface area (Å²) in [5, 5.41) is 9.36. The van der Waals surface area contributed by atoms with Gasteiger partial charge in [0.2, 0.25) is 0 Å². The largest absolute Gasteiger partial charge is 0.496 e. The zero-order valence-electron chi connectivity index (χ0n) is 22.5. The molecule has 2 aromatic rings. The van der Waals surface area contributed by atoms with Crippen LogP contribution in [0.3, 0.4) is 0 Å². The maximum absolute atomic E-state index is 14.0. The number of ether oxygens (including phenoxy) is 2. The molecule has 0 radical (unpaired) electrons. The Kier molecular flexibility index (Phi) is 5.94. The Morgan fingerprint density at radius 2 is 1.81 bits per heavy atom. The third-order valence-corrected chi connectivity index (χ3v) is 8.03. The first-order valence-electron chi connectivity index (χ1n) is 13.0. The van der Waals surface area contributed by atoms with E-state index in [1.165, 1.54) is 0 Å². The molecule has 5 rings (SSSR count). The summed E-state index contributed by atoms with van der Waals surface area (Å²) in [5.41, 5.74) is 6.35. The summed E-state index contributed by atoms with van der Waals surface area (Å²) in [6.07, 6.45) is 1.95. The second-order valence-corrected chi connectivity index (χ2v) is 11.8. The lowest BCUT2D eigenvalue weighted by Gasteiger charge is -2.37. The lowest BCUT2D eigenvalue weighted by molar-refractivity contribution is 0.0204. The molecule has 0 spiro atoms. The standard InChI is InChI=1S/C31H34N2O4/c1-30(2,3)37-29(35)33-11-9-19(10-12-33)22-15-23-24(16-26(22)36-6)31(4,5)25-14-20-13-18(17-32)7-8-21(20)27(25)28(23)34/h7-8,13,15-16,19H,9-12,14H2,1-6H3. The molecule has 0 saturated carbocycles. The fourth-order valence-electron chi connectivity index (χ4n) is 6.08. The van der Waals surface area contributed by atoms with Crippen LogP contribution in [0.25, 0.3) is 5.57 Å². The summed E-state index contributed by atoms with van der Waals surface area (Å²) in [6.45, 7) is 11.2. The summed E-state index contributed by atoms with van der Waals surface area (Å²) in [5.74, 6) is 1.02. The zero-order chi connectivity index (χ0) is 26.7. The molecule has 0 bridgehead atoms. The van der Waals surface area contributed by atoms with Gasteiger partial charge in [0, 0.05) is 29.6 Å². The highest BCUT2D eigenvalue weighted by Gasteiger charge is 2.44. The van der Waals surface area contributed by atoms with Gasteiger partial charge in [0.1, 0.15) is 11.4 Å². The number of Topliss-reactive ketones (excluding diaryl/α,β-unsaturated/α-hetero) is 1. The zero-order valence-corrected chi connectivity index (χ0v) is 22.5. The number of fused-ring (bicyclic) bond motifs is 3. The van der Waals surface area contributed by atoms with Crippen LogP contribution < -0.4 is 4.74 Å². The molecule has 192 valence electrons. The van der Waals surface area contributed by atoms with Gasteiger partial charge in [-0.2, -0.15) is 5.26 Å². The van der Waals surface area contributed by atoms with E-state index >= 15 is 0 Å². The molecule has 0 unspecified atom stereocenters. The van der Waals surface area contributed by atoms with Crippen LogP contribution in [0.15, 0.2) is 35.9 Å². The molecule has 1 heterocycles. The Hall–Kier alpha value is -3.59. The first kappa shape index (κ1) is 25.1. The molecule has 1 saturated heterocycles. The van der Waals surface area contributed by atoms with Crippen LogP contribution in [0, 0.1) is 11.3 Å². The number of carbonyl (C=O) groups excluding carboxylic acids is 2. The smallest absolute Gasteiger partial charge is 0.410 e. The molecule has 6 heteroatoms. The number of piperidine rings is 1. The number of nitriles is 1. The first-order valence-corrected chi connectivity index (χ1v) is 13.0. The second-order valence-electron chi connectivity index (χ2n) is 11.8. The predicted octanol–water partition coefficient (Wildman–Crippen LogP) is 6.17. The minimum Gasteiger partial charge on any atom is -0.496 e. The van der Waals surface area contributed by atoms with Crippen molar-refractivity contribution in [2.45, 2.75) is 70.8 Å². The molecule has 3 aliphatic rings. The molecule has 1 aliphatic heterocycles. The van der Waals surface area contributed by atoms with Gasteiger partial charge in [-0.05, 0) is 98.0 Å². The highest BCUT2D eigenvalue weighted by molar-refractivity contribution is 6.33. The van der Waals surface area contributed by atoms with E-state index < -0.39 is 5.60 Å². The lowest BCUT2D eigenvalue weighted by Crippen LogP contribution is -2.41. The van der Waals surface area contributed by atoms with E-state index in [2.05, 4.69) is 26.0 Å². The van der Waals surface area contributed by atoms with E-state index in [4.69, 9.17) is 9.47 Å².